The molecule has 0 heterocycles. The van der Waals surface area contributed by atoms with Gasteiger partial charge in [-0.15, -0.1) is 0 Å². The van der Waals surface area contributed by atoms with Crippen LogP contribution in [-0.4, -0.2) is 23.7 Å². The summed E-state index contributed by atoms with van der Waals surface area (Å²) in [5.41, 5.74) is 2.75. The van der Waals surface area contributed by atoms with Crippen molar-refractivity contribution in [2.45, 2.75) is 32.8 Å². The van der Waals surface area contributed by atoms with Crippen LogP contribution in [0.4, 0.5) is 5.69 Å². The number of carbonyl (C=O) groups is 1. The minimum Gasteiger partial charge on any atom is -0.484 e. The second-order valence-corrected chi connectivity index (χ2v) is 6.26. The van der Waals surface area contributed by atoms with Gasteiger partial charge in [-0.2, -0.15) is 0 Å². The van der Waals surface area contributed by atoms with Crippen LogP contribution in [0.25, 0.3) is 0 Å². The minimum atomic E-state index is -0.305. The van der Waals surface area contributed by atoms with E-state index in [4.69, 9.17) is 16.3 Å². The number of aliphatic hydroxyl groups is 1. The number of nitrogens with one attached hydrogen (secondary N) is 1. The molecule has 4 nitrogen and oxygen atoms in total. The molecule has 0 aromatic heterocycles. The van der Waals surface area contributed by atoms with Crippen molar-refractivity contribution < 1.29 is 14.6 Å². The predicted molar refractivity (Wildman–Crippen MR) is 96.8 cm³/mol. The van der Waals surface area contributed by atoms with Crippen LogP contribution in [0, 0.1) is 6.92 Å². The highest BCUT2D eigenvalue weighted by Gasteiger charge is 2.06. The van der Waals surface area contributed by atoms with E-state index < -0.39 is 0 Å². The number of aliphatic hydroxyl groups excluding tert-OH is 1. The molecule has 2 N–H and O–H groups in total. The molecular formula is C19H22ClNO3. The number of halogens is 1. The van der Waals surface area contributed by atoms with Crippen LogP contribution in [0.5, 0.6) is 5.75 Å². The smallest absolute Gasteiger partial charge is 0.262 e. The Morgan fingerprint density at radius 2 is 1.96 bits per heavy atom. The topological polar surface area (TPSA) is 58.6 Å². The zero-order chi connectivity index (χ0) is 17.5. The third-order valence-electron chi connectivity index (χ3n) is 3.61. The minimum absolute atomic E-state index is 0.0604. The Labute approximate surface area is 147 Å². The molecule has 0 aliphatic rings. The van der Waals surface area contributed by atoms with Crippen LogP contribution < -0.4 is 10.1 Å². The number of aryl methyl sites for hydroxylation is 2. The zero-order valence-corrected chi connectivity index (χ0v) is 14.6. The lowest BCUT2D eigenvalue weighted by Gasteiger charge is -2.10. The van der Waals surface area contributed by atoms with Gasteiger partial charge in [0.25, 0.3) is 5.91 Å². The van der Waals surface area contributed by atoms with Crippen LogP contribution >= 0.6 is 11.6 Å². The molecule has 0 aliphatic carbocycles. The summed E-state index contributed by atoms with van der Waals surface area (Å²) in [6, 6.07) is 12.8. The second kappa shape index (κ2) is 8.71. The molecule has 2 rings (SSSR count). The highest BCUT2D eigenvalue weighted by Crippen LogP contribution is 2.19. The number of amides is 1. The van der Waals surface area contributed by atoms with Crippen LogP contribution in [0.3, 0.4) is 0 Å². The van der Waals surface area contributed by atoms with Crippen molar-refractivity contribution in [3.05, 3.63) is 58.6 Å². The lowest BCUT2D eigenvalue weighted by Crippen LogP contribution is -2.20. The van der Waals surface area contributed by atoms with Crippen LogP contribution in [0.15, 0.2) is 42.5 Å². The number of hydrogen-bond donors (Lipinski definition) is 2. The monoisotopic (exact) mass is 347 g/mol. The predicted octanol–water partition coefficient (Wildman–Crippen LogP) is 3.98. The van der Waals surface area contributed by atoms with Crippen molar-refractivity contribution in [1.82, 2.24) is 0 Å². The average Bonchev–Trinajstić information content (AvgIpc) is 2.54. The van der Waals surface area contributed by atoms with Crippen molar-refractivity contribution in [2.75, 3.05) is 11.9 Å². The average molecular weight is 348 g/mol. The molecule has 0 saturated carbocycles. The molecule has 0 fully saturated rings. The summed E-state index contributed by atoms with van der Waals surface area (Å²) in [5.74, 6) is 0.414. The zero-order valence-electron chi connectivity index (χ0n) is 13.9. The lowest BCUT2D eigenvalue weighted by atomic mass is 10.1. The van der Waals surface area contributed by atoms with Gasteiger partial charge in [0.2, 0.25) is 0 Å². The van der Waals surface area contributed by atoms with Crippen LogP contribution in [0.1, 0.15) is 24.5 Å². The van der Waals surface area contributed by atoms with Gasteiger partial charge in [-0.05, 0) is 68.1 Å². The first-order valence-corrected chi connectivity index (χ1v) is 8.27. The maximum atomic E-state index is 12.0. The number of anilines is 1. The summed E-state index contributed by atoms with van der Waals surface area (Å²) in [6.45, 7) is 3.60. The largest absolute Gasteiger partial charge is 0.484 e. The molecule has 0 radical (unpaired) electrons. The Bertz CT molecular complexity index is 684. The van der Waals surface area contributed by atoms with Crippen LogP contribution in [-0.2, 0) is 11.2 Å². The van der Waals surface area contributed by atoms with Gasteiger partial charge in [-0.25, -0.2) is 0 Å². The van der Waals surface area contributed by atoms with Crippen LogP contribution in [0.2, 0.25) is 5.02 Å². The van der Waals surface area contributed by atoms with E-state index in [9.17, 15) is 9.90 Å². The van der Waals surface area contributed by atoms with Gasteiger partial charge in [-0.3, -0.25) is 4.79 Å². The molecular weight excluding hydrogens is 326 g/mol. The number of carbonyl (C=O) groups excluding carboxylic acids is 1. The fourth-order valence-electron chi connectivity index (χ4n) is 2.23. The molecule has 2 aromatic rings. The number of benzene rings is 2. The lowest BCUT2D eigenvalue weighted by molar-refractivity contribution is -0.118. The van der Waals surface area contributed by atoms with Crippen molar-refractivity contribution in [1.29, 1.82) is 0 Å². The number of ether oxygens (including phenoxy) is 1. The van der Waals surface area contributed by atoms with Gasteiger partial charge in [0, 0.05) is 10.7 Å². The van der Waals surface area contributed by atoms with Gasteiger partial charge in [0.05, 0.1) is 6.10 Å². The number of rotatable bonds is 7. The van der Waals surface area contributed by atoms with Gasteiger partial charge < -0.3 is 15.2 Å². The number of hydrogen-bond acceptors (Lipinski definition) is 3. The molecule has 0 spiro atoms. The second-order valence-electron chi connectivity index (χ2n) is 5.83. The van der Waals surface area contributed by atoms with E-state index in [2.05, 4.69) is 5.32 Å². The molecule has 2 aromatic carbocycles. The third kappa shape index (κ3) is 5.87. The third-order valence-corrected chi connectivity index (χ3v) is 3.84. The first-order valence-electron chi connectivity index (χ1n) is 7.90. The van der Waals surface area contributed by atoms with Gasteiger partial charge in [-0.1, -0.05) is 23.7 Å². The summed E-state index contributed by atoms with van der Waals surface area (Å²) in [6.07, 6.45) is 1.23. The van der Waals surface area contributed by atoms with E-state index in [1.54, 1.807) is 25.1 Å². The summed E-state index contributed by atoms with van der Waals surface area (Å²) >= 11 is 5.90. The molecule has 1 atom stereocenters. The quantitative estimate of drug-likeness (QED) is 0.796. The fourth-order valence-corrected chi connectivity index (χ4v) is 2.46. The molecule has 24 heavy (non-hydrogen) atoms. The van der Waals surface area contributed by atoms with E-state index >= 15 is 0 Å². The maximum Gasteiger partial charge on any atom is 0.262 e. The van der Waals surface area contributed by atoms with Gasteiger partial charge in [0.1, 0.15) is 5.75 Å². The Morgan fingerprint density at radius 3 is 2.58 bits per heavy atom. The Hall–Kier alpha value is -2.04. The highest BCUT2D eigenvalue weighted by atomic mass is 35.5. The molecule has 1 amide bonds. The summed E-state index contributed by atoms with van der Waals surface area (Å²) in [5, 5.41) is 12.7. The Kier molecular flexibility index (Phi) is 6.64. The van der Waals surface area contributed by atoms with E-state index in [0.717, 1.165) is 29.7 Å². The van der Waals surface area contributed by atoms with Crippen molar-refractivity contribution in [2.24, 2.45) is 0 Å². The normalized spacial score (nSPS) is 11.8. The van der Waals surface area contributed by atoms with E-state index in [1.165, 1.54) is 0 Å². The van der Waals surface area contributed by atoms with E-state index in [0.29, 0.717) is 10.8 Å². The molecule has 128 valence electrons. The van der Waals surface area contributed by atoms with Crippen molar-refractivity contribution >= 4 is 23.2 Å². The summed E-state index contributed by atoms with van der Waals surface area (Å²) < 4.78 is 5.50. The standard InChI is InChI=1S/C19H22ClNO3/c1-13-11-16(20)7-10-18(13)21-19(23)12-24-17-8-5-15(6-9-17)4-3-14(2)22/h5-11,14,22H,3-4,12H2,1-2H3,(H,21,23)/t14-/m0/s1. The van der Waals surface area contributed by atoms with Crippen molar-refractivity contribution in [3.63, 3.8) is 0 Å². The van der Waals surface area contributed by atoms with E-state index in [1.807, 2.05) is 31.2 Å². The maximum absolute atomic E-state index is 12.0. The van der Waals surface area contributed by atoms with Gasteiger partial charge >= 0.3 is 0 Å². The summed E-state index contributed by atoms with van der Waals surface area (Å²) in [4.78, 5) is 12.0. The molecule has 5 heteroatoms. The fraction of sp³-hybridized carbons (Fsp3) is 0.316. The first-order chi connectivity index (χ1) is 11.4. The molecule has 0 unspecified atom stereocenters. The van der Waals surface area contributed by atoms with E-state index in [-0.39, 0.29) is 18.6 Å². The molecule has 0 saturated heterocycles. The summed E-state index contributed by atoms with van der Waals surface area (Å²) in [7, 11) is 0. The van der Waals surface area contributed by atoms with Crippen molar-refractivity contribution in [3.8, 4) is 5.75 Å². The Morgan fingerprint density at radius 1 is 1.25 bits per heavy atom. The Balaban J connectivity index is 1.83. The molecule has 0 bridgehead atoms. The molecule has 0 aliphatic heterocycles. The van der Waals surface area contributed by atoms with Gasteiger partial charge in [0.15, 0.2) is 6.61 Å². The SMILES string of the molecule is Cc1cc(Cl)ccc1NC(=O)COc1ccc(CC[C@H](C)O)cc1. The first kappa shape index (κ1) is 18.3. The highest BCUT2D eigenvalue weighted by molar-refractivity contribution is 6.30.